The van der Waals surface area contributed by atoms with Crippen LogP contribution in [0.2, 0.25) is 0 Å². The summed E-state index contributed by atoms with van der Waals surface area (Å²) in [7, 11) is 0. The first-order valence-electron chi connectivity index (χ1n) is 6.21. The molecule has 0 spiro atoms. The molecule has 3 aromatic rings. The van der Waals surface area contributed by atoms with Gasteiger partial charge in [0.15, 0.2) is 5.82 Å². The van der Waals surface area contributed by atoms with Gasteiger partial charge in [-0.2, -0.15) is 0 Å². The molecular weight excluding hydrogens is 236 g/mol. The number of nitrogens with zero attached hydrogens (tertiary/aromatic N) is 2. The lowest BCUT2D eigenvalue weighted by atomic mass is 10.1. The van der Waals surface area contributed by atoms with Crippen molar-refractivity contribution in [1.82, 2.24) is 9.97 Å². The lowest BCUT2D eigenvalue weighted by Crippen LogP contribution is -1.97. The van der Waals surface area contributed by atoms with Gasteiger partial charge in [0.05, 0.1) is 12.3 Å². The SMILES string of the molecule is Cc1cc(CO)nc(-c2ccc3ccccc3c2)n1. The fourth-order valence-electron chi connectivity index (χ4n) is 2.17. The van der Waals surface area contributed by atoms with Crippen LogP contribution < -0.4 is 0 Å². The maximum absolute atomic E-state index is 9.21. The summed E-state index contributed by atoms with van der Waals surface area (Å²) in [6, 6.07) is 16.1. The van der Waals surface area contributed by atoms with Crippen LogP contribution in [0.4, 0.5) is 0 Å². The smallest absolute Gasteiger partial charge is 0.159 e. The molecular formula is C16H14N2O. The second-order valence-corrected chi connectivity index (χ2v) is 4.54. The van der Waals surface area contributed by atoms with Gasteiger partial charge in [-0.15, -0.1) is 0 Å². The van der Waals surface area contributed by atoms with Crippen molar-refractivity contribution < 1.29 is 5.11 Å². The third-order valence-electron chi connectivity index (χ3n) is 3.08. The summed E-state index contributed by atoms with van der Waals surface area (Å²) in [6.07, 6.45) is 0. The molecule has 1 heterocycles. The molecule has 0 aliphatic heterocycles. The molecule has 1 aromatic heterocycles. The maximum atomic E-state index is 9.21. The Morgan fingerprint density at radius 3 is 2.53 bits per heavy atom. The number of fused-ring (bicyclic) bond motifs is 1. The molecule has 3 heteroatoms. The predicted molar refractivity (Wildman–Crippen MR) is 75.6 cm³/mol. The first-order chi connectivity index (χ1) is 9.26. The van der Waals surface area contributed by atoms with E-state index in [9.17, 15) is 5.11 Å². The topological polar surface area (TPSA) is 46.0 Å². The first-order valence-corrected chi connectivity index (χ1v) is 6.21. The third-order valence-corrected chi connectivity index (χ3v) is 3.08. The number of hydrogen-bond donors (Lipinski definition) is 1. The first kappa shape index (κ1) is 11.8. The summed E-state index contributed by atoms with van der Waals surface area (Å²) in [5.74, 6) is 0.662. The maximum Gasteiger partial charge on any atom is 0.159 e. The Morgan fingerprint density at radius 1 is 0.947 bits per heavy atom. The number of benzene rings is 2. The van der Waals surface area contributed by atoms with Crippen molar-refractivity contribution in [2.45, 2.75) is 13.5 Å². The van der Waals surface area contributed by atoms with E-state index in [-0.39, 0.29) is 6.61 Å². The highest BCUT2D eigenvalue weighted by Gasteiger charge is 2.05. The molecule has 0 bridgehead atoms. The molecule has 0 amide bonds. The van der Waals surface area contributed by atoms with E-state index in [1.54, 1.807) is 6.07 Å². The van der Waals surface area contributed by atoms with E-state index in [0.717, 1.165) is 16.6 Å². The van der Waals surface area contributed by atoms with Crippen molar-refractivity contribution in [3.63, 3.8) is 0 Å². The van der Waals surface area contributed by atoms with Gasteiger partial charge in [-0.1, -0.05) is 36.4 Å². The highest BCUT2D eigenvalue weighted by Crippen LogP contribution is 2.22. The summed E-state index contributed by atoms with van der Waals surface area (Å²) in [4.78, 5) is 8.80. The van der Waals surface area contributed by atoms with Crippen LogP contribution in [0.15, 0.2) is 48.5 Å². The average Bonchev–Trinajstić information content (AvgIpc) is 2.46. The van der Waals surface area contributed by atoms with Gasteiger partial charge in [0.1, 0.15) is 0 Å². The van der Waals surface area contributed by atoms with Crippen LogP contribution in [0, 0.1) is 6.92 Å². The molecule has 0 fully saturated rings. The molecule has 19 heavy (non-hydrogen) atoms. The summed E-state index contributed by atoms with van der Waals surface area (Å²) >= 11 is 0. The number of aromatic nitrogens is 2. The van der Waals surface area contributed by atoms with E-state index in [1.165, 1.54) is 5.39 Å². The molecule has 0 unspecified atom stereocenters. The van der Waals surface area contributed by atoms with E-state index in [4.69, 9.17) is 0 Å². The van der Waals surface area contributed by atoms with Crippen LogP contribution in [0.5, 0.6) is 0 Å². The Bertz CT molecular complexity index is 738. The fraction of sp³-hybridized carbons (Fsp3) is 0.125. The zero-order valence-corrected chi connectivity index (χ0v) is 10.7. The molecule has 94 valence electrons. The highest BCUT2D eigenvalue weighted by atomic mass is 16.3. The van der Waals surface area contributed by atoms with E-state index in [1.807, 2.05) is 25.1 Å². The van der Waals surface area contributed by atoms with Gasteiger partial charge in [0.2, 0.25) is 0 Å². The van der Waals surface area contributed by atoms with Crippen molar-refractivity contribution in [1.29, 1.82) is 0 Å². The molecule has 0 aliphatic carbocycles. The van der Waals surface area contributed by atoms with Gasteiger partial charge in [-0.3, -0.25) is 0 Å². The van der Waals surface area contributed by atoms with Gasteiger partial charge in [0.25, 0.3) is 0 Å². The van der Waals surface area contributed by atoms with Crippen LogP contribution in [0.1, 0.15) is 11.4 Å². The normalized spacial score (nSPS) is 10.8. The molecule has 2 aromatic carbocycles. The molecule has 3 rings (SSSR count). The largest absolute Gasteiger partial charge is 0.390 e. The van der Waals surface area contributed by atoms with E-state index in [0.29, 0.717) is 11.5 Å². The molecule has 0 saturated heterocycles. The van der Waals surface area contributed by atoms with Crippen molar-refractivity contribution in [2.24, 2.45) is 0 Å². The summed E-state index contributed by atoms with van der Waals surface area (Å²) in [5, 5.41) is 11.6. The number of rotatable bonds is 2. The number of aliphatic hydroxyl groups excluding tert-OH is 1. The Labute approximate surface area is 111 Å². The van der Waals surface area contributed by atoms with Crippen LogP contribution in [-0.4, -0.2) is 15.1 Å². The Hall–Kier alpha value is -2.26. The van der Waals surface area contributed by atoms with E-state index in [2.05, 4.69) is 34.2 Å². The minimum absolute atomic E-state index is 0.0655. The van der Waals surface area contributed by atoms with Gasteiger partial charge in [0, 0.05) is 11.3 Å². The molecule has 0 saturated carbocycles. The second kappa shape index (κ2) is 4.78. The van der Waals surface area contributed by atoms with Gasteiger partial charge in [-0.05, 0) is 29.8 Å². The third kappa shape index (κ3) is 2.33. The minimum atomic E-state index is -0.0655. The number of aliphatic hydroxyl groups is 1. The van der Waals surface area contributed by atoms with Crippen LogP contribution in [0.25, 0.3) is 22.2 Å². The van der Waals surface area contributed by atoms with Crippen LogP contribution >= 0.6 is 0 Å². The van der Waals surface area contributed by atoms with Crippen molar-refractivity contribution >= 4 is 10.8 Å². The summed E-state index contributed by atoms with van der Waals surface area (Å²) in [5.41, 5.74) is 2.48. The fourth-order valence-corrected chi connectivity index (χ4v) is 2.17. The van der Waals surface area contributed by atoms with Crippen molar-refractivity contribution in [3.8, 4) is 11.4 Å². The van der Waals surface area contributed by atoms with Crippen molar-refractivity contribution in [2.75, 3.05) is 0 Å². The lowest BCUT2D eigenvalue weighted by molar-refractivity contribution is 0.276. The lowest BCUT2D eigenvalue weighted by Gasteiger charge is -2.05. The molecule has 1 N–H and O–H groups in total. The average molecular weight is 250 g/mol. The van der Waals surface area contributed by atoms with Crippen LogP contribution in [0.3, 0.4) is 0 Å². The summed E-state index contributed by atoms with van der Waals surface area (Å²) < 4.78 is 0. The monoisotopic (exact) mass is 250 g/mol. The zero-order chi connectivity index (χ0) is 13.2. The minimum Gasteiger partial charge on any atom is -0.390 e. The van der Waals surface area contributed by atoms with E-state index >= 15 is 0 Å². The summed E-state index contributed by atoms with van der Waals surface area (Å²) in [6.45, 7) is 1.84. The molecule has 0 radical (unpaired) electrons. The molecule has 0 atom stereocenters. The molecule has 3 nitrogen and oxygen atoms in total. The van der Waals surface area contributed by atoms with Crippen molar-refractivity contribution in [3.05, 3.63) is 59.9 Å². The quantitative estimate of drug-likeness (QED) is 0.760. The van der Waals surface area contributed by atoms with Crippen LogP contribution in [-0.2, 0) is 6.61 Å². The van der Waals surface area contributed by atoms with Gasteiger partial charge < -0.3 is 5.11 Å². The number of hydrogen-bond acceptors (Lipinski definition) is 3. The predicted octanol–water partition coefficient (Wildman–Crippen LogP) is 3.10. The molecule has 0 aliphatic rings. The van der Waals surface area contributed by atoms with Gasteiger partial charge in [-0.25, -0.2) is 9.97 Å². The number of aryl methyl sites for hydroxylation is 1. The highest BCUT2D eigenvalue weighted by molar-refractivity contribution is 5.86. The van der Waals surface area contributed by atoms with Gasteiger partial charge >= 0.3 is 0 Å². The Morgan fingerprint density at radius 2 is 1.74 bits per heavy atom. The van der Waals surface area contributed by atoms with E-state index < -0.39 is 0 Å². The Kier molecular flexibility index (Phi) is 2.97. The standard InChI is InChI=1S/C16H14N2O/c1-11-8-15(10-19)18-16(17-11)14-7-6-12-4-2-3-5-13(12)9-14/h2-9,19H,10H2,1H3. The Balaban J connectivity index is 2.15. The second-order valence-electron chi connectivity index (χ2n) is 4.54. The zero-order valence-electron chi connectivity index (χ0n) is 10.7.